The van der Waals surface area contributed by atoms with Gasteiger partial charge >= 0.3 is 0 Å². The molecule has 2 rings (SSSR count). The van der Waals surface area contributed by atoms with E-state index in [1.165, 1.54) is 12.1 Å². The van der Waals surface area contributed by atoms with Crippen molar-refractivity contribution < 1.29 is 9.45 Å². The molecule has 0 spiro atoms. The molecule has 0 amide bonds. The van der Waals surface area contributed by atoms with Gasteiger partial charge in [0.05, 0.1) is 11.0 Å². The molecule has 7 nitrogen and oxygen atoms in total. The van der Waals surface area contributed by atoms with Gasteiger partial charge in [-0.15, -0.1) is 0 Å². The minimum absolute atomic E-state index is 0.0175. The number of nitro groups is 1. The zero-order valence-corrected chi connectivity index (χ0v) is 11.5. The predicted molar refractivity (Wildman–Crippen MR) is 72.8 cm³/mol. The van der Waals surface area contributed by atoms with Crippen molar-refractivity contribution in [1.82, 2.24) is 10.1 Å². The summed E-state index contributed by atoms with van der Waals surface area (Å²) in [5.41, 5.74) is 6.51. The molecule has 0 saturated heterocycles. The van der Waals surface area contributed by atoms with Gasteiger partial charge in [0.2, 0.25) is 11.7 Å². The fourth-order valence-corrected chi connectivity index (χ4v) is 1.58. The quantitative estimate of drug-likeness (QED) is 0.682. The first-order chi connectivity index (χ1) is 9.29. The molecule has 1 aromatic heterocycles. The Morgan fingerprint density at radius 2 is 1.90 bits per heavy atom. The van der Waals surface area contributed by atoms with E-state index in [0.717, 1.165) is 0 Å². The van der Waals surface area contributed by atoms with Crippen molar-refractivity contribution in [2.45, 2.75) is 26.8 Å². The Kier molecular flexibility index (Phi) is 3.54. The van der Waals surface area contributed by atoms with Gasteiger partial charge in [0, 0.05) is 17.7 Å². The first-order valence-corrected chi connectivity index (χ1v) is 6.13. The maximum absolute atomic E-state index is 10.6. The molecule has 0 aliphatic heterocycles. The number of nitrogens with two attached hydrogens (primary N) is 1. The number of rotatable bonds is 3. The molecule has 0 unspecified atom stereocenters. The highest BCUT2D eigenvalue weighted by Gasteiger charge is 2.27. The maximum Gasteiger partial charge on any atom is 0.269 e. The summed E-state index contributed by atoms with van der Waals surface area (Å²) in [5.74, 6) is 0.723. The van der Waals surface area contributed by atoms with Crippen molar-refractivity contribution in [1.29, 1.82) is 0 Å². The van der Waals surface area contributed by atoms with E-state index in [9.17, 15) is 10.1 Å². The van der Waals surface area contributed by atoms with Crippen molar-refractivity contribution in [2.75, 3.05) is 0 Å². The molecule has 0 radical (unpaired) electrons. The molecule has 7 heteroatoms. The number of benzene rings is 1. The Hall–Kier alpha value is -2.28. The van der Waals surface area contributed by atoms with Crippen molar-refractivity contribution in [2.24, 2.45) is 11.1 Å². The Balaban J connectivity index is 2.27. The molecule has 0 fully saturated rings. The maximum atomic E-state index is 10.6. The SMILES string of the molecule is CC(C)(C)[C@H](N)c1nc(-c2ccc([N+](=O)[O-])cc2)no1. The van der Waals surface area contributed by atoms with Crippen molar-refractivity contribution >= 4 is 5.69 Å². The van der Waals surface area contributed by atoms with E-state index in [-0.39, 0.29) is 17.1 Å². The number of non-ortho nitro benzene ring substituents is 1. The van der Waals surface area contributed by atoms with Gasteiger partial charge < -0.3 is 10.3 Å². The van der Waals surface area contributed by atoms with Gasteiger partial charge in [-0.25, -0.2) is 0 Å². The van der Waals surface area contributed by atoms with Gasteiger partial charge in [-0.05, 0) is 17.5 Å². The van der Waals surface area contributed by atoms with E-state index >= 15 is 0 Å². The Bertz CT molecular complexity index is 613. The Morgan fingerprint density at radius 3 is 2.40 bits per heavy atom. The number of nitrogens with zero attached hydrogens (tertiary/aromatic N) is 3. The van der Waals surface area contributed by atoms with E-state index in [0.29, 0.717) is 17.3 Å². The average molecular weight is 276 g/mol. The predicted octanol–water partition coefficient (Wildman–Crippen LogP) is 2.69. The lowest BCUT2D eigenvalue weighted by Crippen LogP contribution is -2.26. The highest BCUT2D eigenvalue weighted by molar-refractivity contribution is 5.56. The van der Waals surface area contributed by atoms with Gasteiger partial charge in [0.25, 0.3) is 5.69 Å². The summed E-state index contributed by atoms with van der Waals surface area (Å²) in [7, 11) is 0. The molecule has 0 aliphatic carbocycles. The second-order valence-electron chi connectivity index (χ2n) is 5.60. The lowest BCUT2D eigenvalue weighted by molar-refractivity contribution is -0.384. The van der Waals surface area contributed by atoms with Crippen LogP contribution in [0.4, 0.5) is 5.69 Å². The number of aromatic nitrogens is 2. The summed E-state index contributed by atoms with van der Waals surface area (Å²) in [5, 5.41) is 14.5. The minimum Gasteiger partial charge on any atom is -0.337 e. The highest BCUT2D eigenvalue weighted by Crippen LogP contribution is 2.30. The molecule has 0 aliphatic rings. The van der Waals surface area contributed by atoms with Crippen LogP contribution in [0.2, 0.25) is 0 Å². The first kappa shape index (κ1) is 14.1. The molecule has 1 aromatic carbocycles. The molecule has 106 valence electrons. The van der Waals surface area contributed by atoms with Gasteiger partial charge in [-0.3, -0.25) is 10.1 Å². The fourth-order valence-electron chi connectivity index (χ4n) is 1.58. The molecule has 0 bridgehead atoms. The molecule has 20 heavy (non-hydrogen) atoms. The minimum atomic E-state index is -0.457. The lowest BCUT2D eigenvalue weighted by atomic mass is 9.87. The zero-order valence-electron chi connectivity index (χ0n) is 11.5. The van der Waals surface area contributed by atoms with Crippen LogP contribution in [-0.4, -0.2) is 15.1 Å². The van der Waals surface area contributed by atoms with E-state index in [2.05, 4.69) is 10.1 Å². The summed E-state index contributed by atoms with van der Waals surface area (Å²) in [6.45, 7) is 5.94. The van der Waals surface area contributed by atoms with Crippen LogP contribution in [0.1, 0.15) is 32.7 Å². The zero-order chi connectivity index (χ0) is 14.9. The van der Waals surface area contributed by atoms with Crippen LogP contribution < -0.4 is 5.73 Å². The molecule has 2 aromatic rings. The highest BCUT2D eigenvalue weighted by atomic mass is 16.6. The smallest absolute Gasteiger partial charge is 0.269 e. The molecular weight excluding hydrogens is 260 g/mol. The van der Waals surface area contributed by atoms with E-state index in [1.807, 2.05) is 20.8 Å². The van der Waals surface area contributed by atoms with E-state index < -0.39 is 4.92 Å². The third-order valence-electron chi connectivity index (χ3n) is 2.98. The fraction of sp³-hybridized carbons (Fsp3) is 0.385. The topological polar surface area (TPSA) is 108 Å². The molecule has 1 atom stereocenters. The van der Waals surface area contributed by atoms with Crippen molar-refractivity contribution in [3.05, 3.63) is 40.3 Å². The summed E-state index contributed by atoms with van der Waals surface area (Å²) in [6, 6.07) is 5.58. The van der Waals surface area contributed by atoms with Crippen molar-refractivity contribution in [3.63, 3.8) is 0 Å². The summed E-state index contributed by atoms with van der Waals surface area (Å²) in [6.07, 6.45) is 0. The van der Waals surface area contributed by atoms with Gasteiger partial charge in [-0.2, -0.15) is 4.98 Å². The molecule has 0 saturated carbocycles. The van der Waals surface area contributed by atoms with Crippen LogP contribution >= 0.6 is 0 Å². The van der Waals surface area contributed by atoms with Crippen LogP contribution in [0, 0.1) is 15.5 Å². The number of hydrogen-bond donors (Lipinski definition) is 1. The third kappa shape index (κ3) is 2.83. The van der Waals surface area contributed by atoms with Gasteiger partial charge in [0.15, 0.2) is 0 Å². The normalized spacial score (nSPS) is 13.2. The first-order valence-electron chi connectivity index (χ1n) is 6.13. The molecule has 1 heterocycles. The van der Waals surface area contributed by atoms with Crippen LogP contribution in [0.5, 0.6) is 0 Å². The van der Waals surface area contributed by atoms with Crippen LogP contribution in [-0.2, 0) is 0 Å². The third-order valence-corrected chi connectivity index (χ3v) is 2.98. The van der Waals surface area contributed by atoms with Crippen LogP contribution in [0.15, 0.2) is 28.8 Å². The monoisotopic (exact) mass is 276 g/mol. The van der Waals surface area contributed by atoms with Crippen LogP contribution in [0.3, 0.4) is 0 Å². The second kappa shape index (κ2) is 5.01. The van der Waals surface area contributed by atoms with E-state index in [4.69, 9.17) is 10.3 Å². The summed E-state index contributed by atoms with van der Waals surface area (Å²) < 4.78 is 5.17. The molecular formula is C13H16N4O3. The number of hydrogen-bond acceptors (Lipinski definition) is 6. The lowest BCUT2D eigenvalue weighted by Gasteiger charge is -2.23. The Morgan fingerprint density at radius 1 is 1.30 bits per heavy atom. The van der Waals surface area contributed by atoms with Gasteiger partial charge in [-0.1, -0.05) is 25.9 Å². The Labute approximate surface area is 115 Å². The average Bonchev–Trinajstić information content (AvgIpc) is 2.86. The second-order valence-corrected chi connectivity index (χ2v) is 5.60. The largest absolute Gasteiger partial charge is 0.337 e. The summed E-state index contributed by atoms with van der Waals surface area (Å²) >= 11 is 0. The van der Waals surface area contributed by atoms with Crippen LogP contribution in [0.25, 0.3) is 11.4 Å². The number of nitro benzene ring substituents is 1. The van der Waals surface area contributed by atoms with Gasteiger partial charge in [0.1, 0.15) is 0 Å². The standard InChI is InChI=1S/C13H16N4O3/c1-13(2,3)10(14)12-15-11(16-20-12)8-4-6-9(7-5-8)17(18)19/h4-7,10H,14H2,1-3H3/t10-/m1/s1. The van der Waals surface area contributed by atoms with Crippen molar-refractivity contribution in [3.8, 4) is 11.4 Å². The summed E-state index contributed by atoms with van der Waals surface area (Å²) in [4.78, 5) is 14.4. The molecule has 2 N–H and O–H groups in total. The van der Waals surface area contributed by atoms with E-state index in [1.54, 1.807) is 12.1 Å².